The summed E-state index contributed by atoms with van der Waals surface area (Å²) in [6, 6.07) is 3.16. The summed E-state index contributed by atoms with van der Waals surface area (Å²) in [6.45, 7) is 1.14. The quantitative estimate of drug-likeness (QED) is 0.619. The van der Waals surface area contributed by atoms with Gasteiger partial charge in [0.1, 0.15) is 17.2 Å². The van der Waals surface area contributed by atoms with Gasteiger partial charge in [0.15, 0.2) is 0 Å². The number of carbonyl (C=O) groups excluding carboxylic acids is 2. The van der Waals surface area contributed by atoms with Gasteiger partial charge >= 0.3 is 6.03 Å². The number of hydrogen-bond acceptors (Lipinski definition) is 3. The first-order chi connectivity index (χ1) is 11.5. The Bertz CT molecular complexity index is 645. The highest BCUT2D eigenvalue weighted by Crippen LogP contribution is 2.34. The fraction of sp³-hybridized carbons (Fsp3) is 0.529. The molecule has 1 saturated carbocycles. The summed E-state index contributed by atoms with van der Waals surface area (Å²) in [5.74, 6) is -1.30. The molecular weight excluding hydrogens is 316 g/mol. The van der Waals surface area contributed by atoms with Crippen molar-refractivity contribution in [3.05, 3.63) is 35.4 Å². The number of amides is 3. The molecule has 1 aromatic rings. The number of urea groups is 1. The van der Waals surface area contributed by atoms with Crippen molar-refractivity contribution in [3.63, 3.8) is 0 Å². The van der Waals surface area contributed by atoms with Gasteiger partial charge < -0.3 is 10.6 Å². The summed E-state index contributed by atoms with van der Waals surface area (Å²) < 4.78 is 26.3. The van der Waals surface area contributed by atoms with Crippen molar-refractivity contribution in [2.45, 2.75) is 44.2 Å². The van der Waals surface area contributed by atoms with Gasteiger partial charge in [0.2, 0.25) is 0 Å². The molecule has 2 aliphatic rings. The number of nitrogens with one attached hydrogen (secondary N) is 2. The van der Waals surface area contributed by atoms with E-state index in [1.165, 1.54) is 17.0 Å². The Morgan fingerprint density at radius 1 is 1.21 bits per heavy atom. The van der Waals surface area contributed by atoms with Crippen LogP contribution in [0.3, 0.4) is 0 Å². The van der Waals surface area contributed by atoms with Crippen LogP contribution in [-0.4, -0.2) is 35.5 Å². The van der Waals surface area contributed by atoms with E-state index in [0.29, 0.717) is 25.1 Å². The van der Waals surface area contributed by atoms with Crippen LogP contribution in [-0.2, 0) is 11.3 Å². The van der Waals surface area contributed by atoms with Crippen LogP contribution in [0.25, 0.3) is 0 Å². The van der Waals surface area contributed by atoms with E-state index in [1.54, 1.807) is 0 Å². The average Bonchev–Trinajstić information content (AvgIpc) is 3.09. The smallest absolute Gasteiger partial charge is 0.323 e. The highest BCUT2D eigenvalue weighted by atomic mass is 19.1. The SMILES string of the molecule is O=C1NC2(CCCC2)C(=O)N1CCCNCc1ccc(F)cc1F. The second kappa shape index (κ2) is 6.84. The zero-order valence-electron chi connectivity index (χ0n) is 13.4. The summed E-state index contributed by atoms with van der Waals surface area (Å²) in [6.07, 6.45) is 3.94. The van der Waals surface area contributed by atoms with Gasteiger partial charge in [-0.05, 0) is 31.9 Å². The minimum Gasteiger partial charge on any atom is -0.323 e. The molecule has 0 atom stereocenters. The molecule has 1 heterocycles. The van der Waals surface area contributed by atoms with Crippen LogP contribution in [0.4, 0.5) is 13.6 Å². The Morgan fingerprint density at radius 2 is 1.96 bits per heavy atom. The molecule has 3 rings (SSSR count). The van der Waals surface area contributed by atoms with Crippen molar-refractivity contribution in [1.29, 1.82) is 0 Å². The third-order valence-corrected chi connectivity index (χ3v) is 4.77. The Hall–Kier alpha value is -2.02. The van der Waals surface area contributed by atoms with E-state index >= 15 is 0 Å². The summed E-state index contributed by atoms with van der Waals surface area (Å²) in [5, 5.41) is 5.89. The molecule has 1 aliphatic heterocycles. The summed E-state index contributed by atoms with van der Waals surface area (Å²) in [7, 11) is 0. The maximum Gasteiger partial charge on any atom is 0.325 e. The van der Waals surface area contributed by atoms with Crippen LogP contribution >= 0.6 is 0 Å². The number of carbonyl (C=O) groups is 2. The maximum atomic E-state index is 13.5. The molecule has 1 aliphatic carbocycles. The molecule has 0 radical (unpaired) electrons. The van der Waals surface area contributed by atoms with Crippen LogP contribution in [0.1, 0.15) is 37.7 Å². The van der Waals surface area contributed by atoms with Gasteiger partial charge in [-0.1, -0.05) is 18.9 Å². The first kappa shape index (κ1) is 16.8. The molecule has 0 aromatic heterocycles. The largest absolute Gasteiger partial charge is 0.325 e. The van der Waals surface area contributed by atoms with E-state index in [4.69, 9.17) is 0 Å². The average molecular weight is 337 g/mol. The number of benzene rings is 1. The molecule has 130 valence electrons. The summed E-state index contributed by atoms with van der Waals surface area (Å²) in [5.41, 5.74) is -0.279. The van der Waals surface area contributed by atoms with Crippen molar-refractivity contribution in [2.24, 2.45) is 0 Å². The minimum atomic E-state index is -0.665. The van der Waals surface area contributed by atoms with Gasteiger partial charge in [-0.15, -0.1) is 0 Å². The van der Waals surface area contributed by atoms with Crippen LogP contribution in [0.15, 0.2) is 18.2 Å². The Kier molecular flexibility index (Phi) is 4.80. The van der Waals surface area contributed by atoms with E-state index in [9.17, 15) is 18.4 Å². The van der Waals surface area contributed by atoms with Crippen molar-refractivity contribution in [1.82, 2.24) is 15.5 Å². The van der Waals surface area contributed by atoms with Gasteiger partial charge in [-0.3, -0.25) is 9.69 Å². The number of imide groups is 1. The number of rotatable bonds is 6. The zero-order chi connectivity index (χ0) is 17.2. The van der Waals surface area contributed by atoms with Crippen LogP contribution in [0.2, 0.25) is 0 Å². The number of hydrogen-bond donors (Lipinski definition) is 2. The monoisotopic (exact) mass is 337 g/mol. The molecule has 0 bridgehead atoms. The molecule has 2 N–H and O–H groups in total. The highest BCUT2D eigenvalue weighted by Gasteiger charge is 2.51. The third kappa shape index (κ3) is 3.26. The fourth-order valence-corrected chi connectivity index (χ4v) is 3.45. The molecule has 1 saturated heterocycles. The molecule has 7 heteroatoms. The first-order valence-corrected chi connectivity index (χ1v) is 8.31. The lowest BCUT2D eigenvalue weighted by atomic mass is 9.98. The van der Waals surface area contributed by atoms with E-state index in [-0.39, 0.29) is 18.5 Å². The Labute approximate surface area is 139 Å². The van der Waals surface area contributed by atoms with E-state index in [0.717, 1.165) is 31.7 Å². The van der Waals surface area contributed by atoms with Gasteiger partial charge in [0.05, 0.1) is 0 Å². The van der Waals surface area contributed by atoms with Crippen LogP contribution in [0, 0.1) is 11.6 Å². The molecule has 24 heavy (non-hydrogen) atoms. The number of halogens is 2. The van der Waals surface area contributed by atoms with Crippen LogP contribution < -0.4 is 10.6 Å². The maximum absolute atomic E-state index is 13.5. The second-order valence-corrected chi connectivity index (χ2v) is 6.44. The van der Waals surface area contributed by atoms with Crippen molar-refractivity contribution >= 4 is 11.9 Å². The van der Waals surface area contributed by atoms with E-state index in [1.807, 2.05) is 0 Å². The van der Waals surface area contributed by atoms with Crippen LogP contribution in [0.5, 0.6) is 0 Å². The van der Waals surface area contributed by atoms with E-state index < -0.39 is 17.2 Å². The van der Waals surface area contributed by atoms with Crippen molar-refractivity contribution in [3.8, 4) is 0 Å². The minimum absolute atomic E-state index is 0.116. The fourth-order valence-electron chi connectivity index (χ4n) is 3.45. The predicted octanol–water partition coefficient (Wildman–Crippen LogP) is 2.31. The third-order valence-electron chi connectivity index (χ3n) is 4.77. The Balaban J connectivity index is 1.43. The molecule has 0 unspecified atom stereocenters. The topological polar surface area (TPSA) is 61.4 Å². The predicted molar refractivity (Wildman–Crippen MR) is 84.1 cm³/mol. The van der Waals surface area contributed by atoms with Gasteiger partial charge in [0.25, 0.3) is 5.91 Å². The second-order valence-electron chi connectivity index (χ2n) is 6.44. The van der Waals surface area contributed by atoms with Crippen molar-refractivity contribution < 1.29 is 18.4 Å². The Morgan fingerprint density at radius 3 is 2.67 bits per heavy atom. The molecule has 3 amide bonds. The van der Waals surface area contributed by atoms with Gasteiger partial charge in [0, 0.05) is 24.7 Å². The lowest BCUT2D eigenvalue weighted by Crippen LogP contribution is -2.44. The summed E-state index contributed by atoms with van der Waals surface area (Å²) in [4.78, 5) is 25.7. The highest BCUT2D eigenvalue weighted by molar-refractivity contribution is 6.07. The van der Waals surface area contributed by atoms with Gasteiger partial charge in [-0.2, -0.15) is 0 Å². The molecule has 5 nitrogen and oxygen atoms in total. The lowest BCUT2D eigenvalue weighted by molar-refractivity contribution is -0.131. The standard InChI is InChI=1S/C17H21F2N3O2/c18-13-5-4-12(14(19)10-13)11-20-8-3-9-22-15(23)17(21-16(22)24)6-1-2-7-17/h4-5,10,20H,1-3,6-9,11H2,(H,21,24). The van der Waals surface area contributed by atoms with Crippen molar-refractivity contribution in [2.75, 3.05) is 13.1 Å². The van der Waals surface area contributed by atoms with E-state index in [2.05, 4.69) is 10.6 Å². The normalized spacial score (nSPS) is 19.3. The molecule has 1 spiro atoms. The molecule has 1 aromatic carbocycles. The first-order valence-electron chi connectivity index (χ1n) is 8.31. The summed E-state index contributed by atoms with van der Waals surface area (Å²) >= 11 is 0. The van der Waals surface area contributed by atoms with Gasteiger partial charge in [-0.25, -0.2) is 13.6 Å². The lowest BCUT2D eigenvalue weighted by Gasteiger charge is -2.20. The number of nitrogens with zero attached hydrogens (tertiary/aromatic N) is 1. The molecule has 2 fully saturated rings. The molecular formula is C17H21F2N3O2. The zero-order valence-corrected chi connectivity index (χ0v) is 13.4.